The van der Waals surface area contributed by atoms with Gasteiger partial charge in [0.05, 0.1) is 9.88 Å². The van der Waals surface area contributed by atoms with Crippen LogP contribution in [0.4, 0.5) is 0 Å². The van der Waals surface area contributed by atoms with Crippen LogP contribution in [0.3, 0.4) is 0 Å². The molecule has 0 amide bonds. The minimum Gasteiger partial charge on any atom is -0.565 e. The quantitative estimate of drug-likeness (QED) is 0.483. The second-order valence-corrected chi connectivity index (χ2v) is 7.44. The predicted molar refractivity (Wildman–Crippen MR) is 89.4 cm³/mol. The Bertz CT molecular complexity index is 765. The number of nitriles is 1. The number of hydrogen-bond donors (Lipinski definition) is 0. The molecule has 0 aliphatic heterocycles. The van der Waals surface area contributed by atoms with Crippen LogP contribution in [0.15, 0.2) is 0 Å². The Morgan fingerprint density at radius 1 is 1.10 bits per heavy atom. The van der Waals surface area contributed by atoms with Gasteiger partial charge in [-0.1, -0.05) is 0 Å². The molecule has 3 nitrogen and oxygen atoms in total. The zero-order chi connectivity index (χ0) is 15.7. The maximum atomic E-state index is 9.60. The number of aromatic nitrogens is 1. The number of hydrogen-bond acceptors (Lipinski definition) is 5. The number of allylic oxidation sites excluding steroid dienone is 1. The zero-order valence-electron chi connectivity index (χ0n) is 12.7. The van der Waals surface area contributed by atoms with Crippen molar-refractivity contribution in [3.63, 3.8) is 0 Å². The highest BCUT2D eigenvalue weighted by molar-refractivity contribution is 7.13. The van der Waals surface area contributed by atoms with Gasteiger partial charge < -0.3 is 4.65 Å². The summed E-state index contributed by atoms with van der Waals surface area (Å²) in [5.41, 5.74) is 3.39. The summed E-state index contributed by atoms with van der Waals surface area (Å²) in [6, 6.07) is 2.24. The number of thiazole rings is 1. The van der Waals surface area contributed by atoms with E-state index in [-0.39, 0.29) is 0 Å². The number of nitrogens with zero attached hydrogens (tertiary/aromatic N) is 2. The lowest BCUT2D eigenvalue weighted by Crippen LogP contribution is -1.96. The minimum atomic E-state index is 0.351. The van der Waals surface area contributed by atoms with Crippen molar-refractivity contribution in [3.8, 4) is 6.07 Å². The molecule has 0 N–H and O–H groups in total. The van der Waals surface area contributed by atoms with Gasteiger partial charge in [0, 0.05) is 9.75 Å². The normalized spacial score (nSPS) is 12.0. The summed E-state index contributed by atoms with van der Waals surface area (Å²) in [5.74, 6) is 0.351. The molecule has 0 bridgehead atoms. The van der Waals surface area contributed by atoms with E-state index >= 15 is 0 Å². The molecule has 2 aromatic heterocycles. The van der Waals surface area contributed by atoms with Gasteiger partial charge in [0.25, 0.3) is 0 Å². The Kier molecular flexibility index (Phi) is 4.55. The molecule has 2 rings (SSSR count). The molecule has 0 saturated heterocycles. The molecule has 0 unspecified atom stereocenters. The number of aryl methyl sites for hydroxylation is 3. The Labute approximate surface area is 134 Å². The van der Waals surface area contributed by atoms with Crippen molar-refractivity contribution in [2.24, 2.45) is 0 Å². The van der Waals surface area contributed by atoms with Crippen molar-refractivity contribution >= 4 is 42.1 Å². The molecule has 0 fully saturated rings. The first-order valence-corrected chi connectivity index (χ1v) is 8.06. The first-order chi connectivity index (χ1) is 9.90. The SMILES string of the molecule is [B]OC(=C(C#N)c1sc(C)c(C)c1C)c1nc(C)sc1C. The molecular formula is C15H15BN2OS2. The minimum absolute atomic E-state index is 0.351. The molecule has 0 spiro atoms. The van der Waals surface area contributed by atoms with E-state index in [4.69, 9.17) is 12.7 Å². The Morgan fingerprint density at radius 3 is 2.14 bits per heavy atom. The fourth-order valence-electron chi connectivity index (χ4n) is 2.16. The van der Waals surface area contributed by atoms with Gasteiger partial charge in [0.15, 0.2) is 0 Å². The maximum absolute atomic E-state index is 9.60. The summed E-state index contributed by atoms with van der Waals surface area (Å²) in [4.78, 5) is 7.53. The highest BCUT2D eigenvalue weighted by Crippen LogP contribution is 2.37. The third-order valence-electron chi connectivity index (χ3n) is 3.49. The fourth-order valence-corrected chi connectivity index (χ4v) is 4.13. The largest absolute Gasteiger partial charge is 0.565 e. The zero-order valence-corrected chi connectivity index (χ0v) is 14.3. The van der Waals surface area contributed by atoms with Crippen LogP contribution in [0.25, 0.3) is 11.3 Å². The van der Waals surface area contributed by atoms with Crippen LogP contribution >= 0.6 is 22.7 Å². The molecular weight excluding hydrogens is 299 g/mol. The first kappa shape index (κ1) is 15.8. The van der Waals surface area contributed by atoms with Crippen molar-refractivity contribution in [3.05, 3.63) is 36.5 Å². The summed E-state index contributed by atoms with van der Waals surface area (Å²) < 4.78 is 5.05. The Morgan fingerprint density at radius 2 is 1.76 bits per heavy atom. The van der Waals surface area contributed by atoms with Crippen LogP contribution in [0.1, 0.15) is 36.5 Å². The van der Waals surface area contributed by atoms with Crippen LogP contribution in [0.5, 0.6) is 0 Å². The van der Waals surface area contributed by atoms with E-state index in [1.165, 1.54) is 10.4 Å². The van der Waals surface area contributed by atoms with Crippen LogP contribution in [0, 0.1) is 45.9 Å². The molecule has 0 aliphatic rings. The van der Waals surface area contributed by atoms with Gasteiger partial charge in [-0.2, -0.15) is 5.26 Å². The third kappa shape index (κ3) is 2.76. The lowest BCUT2D eigenvalue weighted by atomic mass is 10.1. The van der Waals surface area contributed by atoms with Crippen LogP contribution in [-0.4, -0.2) is 13.0 Å². The average molecular weight is 314 g/mol. The van der Waals surface area contributed by atoms with E-state index in [9.17, 15) is 5.26 Å². The second-order valence-electron chi connectivity index (χ2n) is 4.81. The van der Waals surface area contributed by atoms with Crippen LogP contribution < -0.4 is 0 Å². The summed E-state index contributed by atoms with van der Waals surface area (Å²) in [5, 5.41) is 10.5. The number of rotatable bonds is 3. The molecule has 2 aromatic rings. The van der Waals surface area contributed by atoms with E-state index in [1.54, 1.807) is 22.7 Å². The van der Waals surface area contributed by atoms with E-state index in [1.807, 2.05) is 27.7 Å². The second kappa shape index (κ2) is 6.04. The fraction of sp³-hybridized carbons (Fsp3) is 0.333. The van der Waals surface area contributed by atoms with E-state index in [0.29, 0.717) is 17.0 Å². The Balaban J connectivity index is 2.73. The maximum Gasteiger partial charge on any atom is 0.374 e. The van der Waals surface area contributed by atoms with Crippen molar-refractivity contribution in [1.82, 2.24) is 4.98 Å². The van der Waals surface area contributed by atoms with Gasteiger partial charge in [0.2, 0.25) is 0 Å². The van der Waals surface area contributed by atoms with Gasteiger partial charge >= 0.3 is 8.05 Å². The van der Waals surface area contributed by atoms with Crippen molar-refractivity contribution in [2.75, 3.05) is 0 Å². The molecule has 0 aliphatic carbocycles. The van der Waals surface area contributed by atoms with Gasteiger partial charge in [-0.15, -0.1) is 22.7 Å². The van der Waals surface area contributed by atoms with Crippen LogP contribution in [-0.2, 0) is 4.65 Å². The molecule has 2 heterocycles. The van der Waals surface area contributed by atoms with Gasteiger partial charge in [-0.25, -0.2) is 4.98 Å². The molecule has 2 radical (unpaired) electrons. The molecule has 0 saturated carbocycles. The third-order valence-corrected chi connectivity index (χ3v) is 5.70. The van der Waals surface area contributed by atoms with Crippen molar-refractivity contribution in [1.29, 1.82) is 5.26 Å². The number of thiophene rings is 1. The summed E-state index contributed by atoms with van der Waals surface area (Å²) in [7, 11) is 5.45. The van der Waals surface area contributed by atoms with Gasteiger partial charge in [-0.05, 0) is 45.7 Å². The average Bonchev–Trinajstić information content (AvgIpc) is 2.90. The van der Waals surface area contributed by atoms with Crippen LogP contribution in [0.2, 0.25) is 0 Å². The molecule has 106 valence electrons. The lowest BCUT2D eigenvalue weighted by molar-refractivity contribution is 0.571. The van der Waals surface area contributed by atoms with Crippen molar-refractivity contribution < 1.29 is 4.65 Å². The van der Waals surface area contributed by atoms with E-state index in [0.717, 1.165) is 20.3 Å². The monoisotopic (exact) mass is 314 g/mol. The van der Waals surface area contributed by atoms with Crippen molar-refractivity contribution in [2.45, 2.75) is 34.6 Å². The predicted octanol–water partition coefficient (Wildman–Crippen LogP) is 4.24. The van der Waals surface area contributed by atoms with E-state index in [2.05, 4.69) is 18.0 Å². The highest BCUT2D eigenvalue weighted by Gasteiger charge is 2.21. The smallest absolute Gasteiger partial charge is 0.374 e. The summed E-state index contributed by atoms with van der Waals surface area (Å²) in [6.07, 6.45) is 0. The summed E-state index contributed by atoms with van der Waals surface area (Å²) in [6.45, 7) is 9.99. The standard InChI is InChI=1S/C15H15BN2OS2/c1-7-8(2)15(21-9(7)3)12(6-17)14(19-16)13-10(4)20-11(5)18-13/h1-5H3. The summed E-state index contributed by atoms with van der Waals surface area (Å²) >= 11 is 3.15. The van der Waals surface area contributed by atoms with Gasteiger partial charge in [-0.3, -0.25) is 0 Å². The molecule has 0 aromatic carbocycles. The lowest BCUT2D eigenvalue weighted by Gasteiger charge is -2.09. The topological polar surface area (TPSA) is 45.9 Å². The molecule has 6 heteroatoms. The first-order valence-electron chi connectivity index (χ1n) is 6.43. The van der Waals surface area contributed by atoms with E-state index < -0.39 is 0 Å². The van der Waals surface area contributed by atoms with Gasteiger partial charge in [0.1, 0.15) is 23.1 Å². The molecule has 0 atom stereocenters. The highest BCUT2D eigenvalue weighted by atomic mass is 32.1. The Hall–Kier alpha value is -1.58. The molecule has 21 heavy (non-hydrogen) atoms.